The number of nitrogens with zero attached hydrogens (tertiary/aromatic N) is 1. The third kappa shape index (κ3) is 4.20. The fraction of sp³-hybridized carbons (Fsp3) is 0.312. The molecule has 3 rings (SSSR count). The lowest BCUT2D eigenvalue weighted by Gasteiger charge is -2.32. The third-order valence-corrected chi connectivity index (χ3v) is 7.26. The predicted molar refractivity (Wildman–Crippen MR) is 95.0 cm³/mol. The summed E-state index contributed by atoms with van der Waals surface area (Å²) < 4.78 is 40.6. The lowest BCUT2D eigenvalue weighted by molar-refractivity contribution is 0.0711. The average molecular weight is 403 g/mol. The van der Waals surface area contributed by atoms with E-state index >= 15 is 0 Å². The fourth-order valence-electron chi connectivity index (χ4n) is 2.73. The van der Waals surface area contributed by atoms with Gasteiger partial charge in [-0.15, -0.1) is 11.3 Å². The van der Waals surface area contributed by atoms with Crippen molar-refractivity contribution < 1.29 is 17.6 Å². The lowest BCUT2D eigenvalue weighted by Crippen LogP contribution is -2.46. The van der Waals surface area contributed by atoms with Crippen LogP contribution in [0, 0.1) is 5.82 Å². The molecule has 1 aliphatic heterocycles. The van der Waals surface area contributed by atoms with Crippen molar-refractivity contribution in [3.8, 4) is 0 Å². The Morgan fingerprint density at radius 1 is 1.28 bits per heavy atom. The molecule has 0 aliphatic carbocycles. The number of piperidine rings is 1. The van der Waals surface area contributed by atoms with E-state index in [9.17, 15) is 17.6 Å². The summed E-state index contributed by atoms with van der Waals surface area (Å²) in [4.78, 5) is 14.1. The number of halogens is 2. The van der Waals surface area contributed by atoms with Crippen molar-refractivity contribution in [1.29, 1.82) is 0 Å². The highest BCUT2D eigenvalue weighted by atomic mass is 35.5. The van der Waals surface area contributed by atoms with Crippen LogP contribution in [0.5, 0.6) is 0 Å². The summed E-state index contributed by atoms with van der Waals surface area (Å²) in [7, 11) is -3.52. The van der Waals surface area contributed by atoms with Gasteiger partial charge in [-0.05, 0) is 42.5 Å². The van der Waals surface area contributed by atoms with E-state index in [1.165, 1.54) is 12.1 Å². The number of hydrogen-bond acceptors (Lipinski definition) is 4. The number of carbonyl (C=O) groups excluding carboxylic acids is 1. The summed E-state index contributed by atoms with van der Waals surface area (Å²) in [6.45, 7) is 0.814. The monoisotopic (exact) mass is 402 g/mol. The number of carbonyl (C=O) groups is 1. The van der Waals surface area contributed by atoms with Crippen LogP contribution in [0.15, 0.2) is 39.9 Å². The highest BCUT2D eigenvalue weighted by molar-refractivity contribution is 7.91. The minimum Gasteiger partial charge on any atom is -0.338 e. The zero-order valence-corrected chi connectivity index (χ0v) is 15.5. The number of hydrogen-bond donors (Lipinski definition) is 1. The molecule has 1 saturated heterocycles. The number of rotatable bonds is 4. The molecule has 25 heavy (non-hydrogen) atoms. The number of nitrogens with one attached hydrogen (secondary N) is 1. The topological polar surface area (TPSA) is 66.5 Å². The molecule has 2 aromatic rings. The Kier molecular flexibility index (Phi) is 5.43. The summed E-state index contributed by atoms with van der Waals surface area (Å²) >= 11 is 7.10. The fourth-order valence-corrected chi connectivity index (χ4v) is 5.29. The summed E-state index contributed by atoms with van der Waals surface area (Å²) in [5.41, 5.74) is 0.251. The van der Waals surface area contributed by atoms with Gasteiger partial charge < -0.3 is 4.90 Å². The normalized spacial score (nSPS) is 16.2. The van der Waals surface area contributed by atoms with Crippen LogP contribution < -0.4 is 4.72 Å². The van der Waals surface area contributed by atoms with E-state index in [0.29, 0.717) is 25.9 Å². The summed E-state index contributed by atoms with van der Waals surface area (Å²) in [5, 5.41) is 1.79. The predicted octanol–water partition coefficient (Wildman–Crippen LogP) is 3.12. The smallest absolute Gasteiger partial charge is 0.255 e. The van der Waals surface area contributed by atoms with Crippen LogP contribution in [0.1, 0.15) is 23.2 Å². The van der Waals surface area contributed by atoms with E-state index in [4.69, 9.17) is 11.6 Å². The van der Waals surface area contributed by atoms with E-state index in [2.05, 4.69) is 4.72 Å². The summed E-state index contributed by atoms with van der Waals surface area (Å²) in [5.74, 6) is -0.771. The van der Waals surface area contributed by atoms with Gasteiger partial charge in [0.1, 0.15) is 10.0 Å². The van der Waals surface area contributed by atoms with Crippen molar-refractivity contribution in [2.45, 2.75) is 23.1 Å². The van der Waals surface area contributed by atoms with Gasteiger partial charge in [-0.3, -0.25) is 4.79 Å². The third-order valence-electron chi connectivity index (χ3n) is 4.03. The zero-order valence-electron chi connectivity index (χ0n) is 13.1. The Hall–Kier alpha value is -1.48. The molecular weight excluding hydrogens is 387 g/mol. The molecule has 1 fully saturated rings. The van der Waals surface area contributed by atoms with Gasteiger partial charge in [-0.1, -0.05) is 17.7 Å². The highest BCUT2D eigenvalue weighted by Crippen LogP contribution is 2.22. The van der Waals surface area contributed by atoms with Gasteiger partial charge in [-0.25, -0.2) is 17.5 Å². The van der Waals surface area contributed by atoms with E-state index < -0.39 is 15.8 Å². The van der Waals surface area contributed by atoms with Gasteiger partial charge in [0.15, 0.2) is 0 Å². The van der Waals surface area contributed by atoms with Gasteiger partial charge >= 0.3 is 0 Å². The number of sulfonamides is 1. The van der Waals surface area contributed by atoms with Crippen LogP contribution in [0.2, 0.25) is 5.02 Å². The van der Waals surface area contributed by atoms with Crippen molar-refractivity contribution in [1.82, 2.24) is 9.62 Å². The largest absolute Gasteiger partial charge is 0.338 e. The number of likely N-dealkylation sites (tertiary alicyclic amines) is 1. The summed E-state index contributed by atoms with van der Waals surface area (Å²) in [6, 6.07) is 6.69. The Morgan fingerprint density at radius 3 is 2.60 bits per heavy atom. The average Bonchev–Trinajstić information content (AvgIpc) is 3.10. The molecule has 0 atom stereocenters. The molecule has 0 saturated carbocycles. The molecule has 9 heteroatoms. The highest BCUT2D eigenvalue weighted by Gasteiger charge is 2.28. The quantitative estimate of drug-likeness (QED) is 0.854. The maximum absolute atomic E-state index is 13.1. The molecule has 1 aliphatic rings. The summed E-state index contributed by atoms with van der Waals surface area (Å²) in [6.07, 6.45) is 1.02. The van der Waals surface area contributed by atoms with Crippen LogP contribution in [0.3, 0.4) is 0 Å². The molecule has 1 aromatic heterocycles. The molecular formula is C16H16ClFN2O3S2. The van der Waals surface area contributed by atoms with Crippen LogP contribution in [0.25, 0.3) is 0 Å². The second-order valence-electron chi connectivity index (χ2n) is 5.74. The first-order valence-electron chi connectivity index (χ1n) is 7.67. The first-order valence-corrected chi connectivity index (χ1v) is 10.4. The molecule has 134 valence electrons. The van der Waals surface area contributed by atoms with Crippen LogP contribution in [-0.2, 0) is 10.0 Å². The van der Waals surface area contributed by atoms with E-state index in [-0.39, 0.29) is 26.7 Å². The maximum atomic E-state index is 13.1. The van der Waals surface area contributed by atoms with Crippen LogP contribution in [-0.4, -0.2) is 38.4 Å². The minimum atomic E-state index is -3.52. The standard InChI is InChI=1S/C16H16ClFN2O3S2/c17-14-10-11(18)3-4-13(14)16(21)20-7-5-12(6-8-20)19-25(22,23)15-2-1-9-24-15/h1-4,9-10,12,19H,5-8H2. The molecule has 0 bridgehead atoms. The second kappa shape index (κ2) is 7.41. The molecule has 1 N–H and O–H groups in total. The lowest BCUT2D eigenvalue weighted by atomic mass is 10.0. The molecule has 0 radical (unpaired) electrons. The molecule has 1 amide bonds. The van der Waals surface area contributed by atoms with Gasteiger partial charge in [0, 0.05) is 19.1 Å². The maximum Gasteiger partial charge on any atom is 0.255 e. The van der Waals surface area contributed by atoms with Crippen LogP contribution in [0.4, 0.5) is 4.39 Å². The van der Waals surface area contributed by atoms with Gasteiger partial charge in [0.05, 0.1) is 10.6 Å². The SMILES string of the molecule is O=C(c1ccc(F)cc1Cl)N1CCC(NS(=O)(=O)c2cccs2)CC1. The Morgan fingerprint density at radius 2 is 2.00 bits per heavy atom. The van der Waals surface area contributed by atoms with Crippen molar-refractivity contribution in [3.05, 3.63) is 52.1 Å². The first kappa shape index (κ1) is 18.3. The Balaban J connectivity index is 1.61. The molecule has 0 spiro atoms. The van der Waals surface area contributed by atoms with E-state index in [1.54, 1.807) is 22.4 Å². The van der Waals surface area contributed by atoms with Crippen molar-refractivity contribution in [2.75, 3.05) is 13.1 Å². The molecule has 2 heterocycles. The van der Waals surface area contributed by atoms with E-state index in [0.717, 1.165) is 17.4 Å². The first-order chi connectivity index (χ1) is 11.9. The molecule has 5 nitrogen and oxygen atoms in total. The number of thiophene rings is 1. The Labute approximate surface area is 154 Å². The Bertz CT molecular complexity index is 864. The van der Waals surface area contributed by atoms with Gasteiger partial charge in [-0.2, -0.15) is 0 Å². The van der Waals surface area contributed by atoms with Gasteiger partial charge in [0.2, 0.25) is 10.0 Å². The van der Waals surface area contributed by atoms with E-state index in [1.807, 2.05) is 0 Å². The zero-order chi connectivity index (χ0) is 18.0. The van der Waals surface area contributed by atoms with Crippen molar-refractivity contribution >= 4 is 38.9 Å². The molecule has 1 aromatic carbocycles. The second-order valence-corrected chi connectivity index (χ2v) is 9.04. The van der Waals surface area contributed by atoms with Gasteiger partial charge in [0.25, 0.3) is 5.91 Å². The molecule has 0 unspecified atom stereocenters. The van der Waals surface area contributed by atoms with Crippen molar-refractivity contribution in [2.24, 2.45) is 0 Å². The van der Waals surface area contributed by atoms with Crippen molar-refractivity contribution in [3.63, 3.8) is 0 Å². The minimum absolute atomic E-state index is 0.0746. The number of benzene rings is 1. The number of amides is 1. The van der Waals surface area contributed by atoms with Crippen LogP contribution >= 0.6 is 22.9 Å².